The number of nitrogens with zero attached hydrogens (tertiary/aromatic N) is 1. The number of carbonyl (C=O) groups is 1. The number of methoxy groups -OCH3 is 1. The van der Waals surface area contributed by atoms with E-state index in [4.69, 9.17) is 9.47 Å². The standard InChI is InChI=1S/C17H26N2O3/c1-3-18-12-14-8-10-19(11-9-14)17(20)13-22-16-7-5-4-6-15(16)21-2/h4-7,14,18H,3,8-13H2,1-2H3. The summed E-state index contributed by atoms with van der Waals surface area (Å²) in [5.74, 6) is 1.99. The van der Waals surface area contributed by atoms with E-state index in [1.165, 1.54) is 0 Å². The first kappa shape index (κ1) is 16.6. The molecule has 0 bridgehead atoms. The molecule has 1 amide bonds. The van der Waals surface area contributed by atoms with Gasteiger partial charge in [-0.3, -0.25) is 4.79 Å². The molecule has 1 aliphatic rings. The minimum Gasteiger partial charge on any atom is -0.493 e. The lowest BCUT2D eigenvalue weighted by Gasteiger charge is -2.32. The first-order valence-corrected chi connectivity index (χ1v) is 7.99. The zero-order valence-electron chi connectivity index (χ0n) is 13.5. The zero-order chi connectivity index (χ0) is 15.8. The van der Waals surface area contributed by atoms with Gasteiger partial charge >= 0.3 is 0 Å². The van der Waals surface area contributed by atoms with Crippen LogP contribution in [0.4, 0.5) is 0 Å². The maximum Gasteiger partial charge on any atom is 0.260 e. The Labute approximate surface area is 132 Å². The number of carbonyl (C=O) groups excluding carboxylic acids is 1. The first-order valence-electron chi connectivity index (χ1n) is 7.99. The number of likely N-dealkylation sites (tertiary alicyclic amines) is 1. The highest BCUT2D eigenvalue weighted by molar-refractivity contribution is 5.78. The minimum absolute atomic E-state index is 0.0489. The molecule has 0 spiro atoms. The van der Waals surface area contributed by atoms with Gasteiger partial charge in [-0.05, 0) is 44.0 Å². The Morgan fingerprint density at radius 3 is 2.59 bits per heavy atom. The van der Waals surface area contributed by atoms with Gasteiger partial charge in [0.1, 0.15) is 0 Å². The van der Waals surface area contributed by atoms with Crippen LogP contribution in [0.2, 0.25) is 0 Å². The van der Waals surface area contributed by atoms with Crippen LogP contribution in [0.5, 0.6) is 11.5 Å². The van der Waals surface area contributed by atoms with Crippen LogP contribution in [0, 0.1) is 5.92 Å². The van der Waals surface area contributed by atoms with Gasteiger partial charge in [-0.1, -0.05) is 19.1 Å². The zero-order valence-corrected chi connectivity index (χ0v) is 13.5. The molecule has 1 aromatic rings. The molecule has 0 aromatic heterocycles. The summed E-state index contributed by atoms with van der Waals surface area (Å²) in [5.41, 5.74) is 0. The average molecular weight is 306 g/mol. The SMILES string of the molecule is CCNCC1CCN(C(=O)COc2ccccc2OC)CC1. The summed E-state index contributed by atoms with van der Waals surface area (Å²) in [6, 6.07) is 7.39. The van der Waals surface area contributed by atoms with E-state index in [2.05, 4.69) is 12.2 Å². The topological polar surface area (TPSA) is 50.8 Å². The highest BCUT2D eigenvalue weighted by Crippen LogP contribution is 2.26. The monoisotopic (exact) mass is 306 g/mol. The Balaban J connectivity index is 1.76. The summed E-state index contributed by atoms with van der Waals surface area (Å²) in [7, 11) is 1.60. The van der Waals surface area contributed by atoms with Crippen LogP contribution in [0.1, 0.15) is 19.8 Å². The van der Waals surface area contributed by atoms with Gasteiger partial charge in [-0.2, -0.15) is 0 Å². The Bertz CT molecular complexity index is 471. The number of amides is 1. The van der Waals surface area contributed by atoms with Crippen molar-refractivity contribution in [2.75, 3.05) is 39.9 Å². The number of hydrogen-bond acceptors (Lipinski definition) is 4. The molecule has 0 radical (unpaired) electrons. The van der Waals surface area contributed by atoms with Crippen LogP contribution in [-0.4, -0.2) is 50.7 Å². The normalized spacial score (nSPS) is 15.6. The van der Waals surface area contributed by atoms with Crippen molar-refractivity contribution in [2.24, 2.45) is 5.92 Å². The van der Waals surface area contributed by atoms with E-state index >= 15 is 0 Å². The summed E-state index contributed by atoms with van der Waals surface area (Å²) >= 11 is 0. The van der Waals surface area contributed by atoms with Gasteiger partial charge in [-0.25, -0.2) is 0 Å². The summed E-state index contributed by atoms with van der Waals surface area (Å²) < 4.78 is 10.8. The van der Waals surface area contributed by atoms with E-state index in [0.717, 1.165) is 39.0 Å². The molecule has 1 fully saturated rings. The Kier molecular flexibility index (Phi) is 6.52. The third-order valence-electron chi connectivity index (χ3n) is 4.07. The molecule has 1 N–H and O–H groups in total. The van der Waals surface area contributed by atoms with Crippen molar-refractivity contribution in [3.8, 4) is 11.5 Å². The van der Waals surface area contributed by atoms with Crippen LogP contribution in [0.15, 0.2) is 24.3 Å². The number of hydrogen-bond donors (Lipinski definition) is 1. The molecule has 0 atom stereocenters. The molecule has 0 saturated carbocycles. The highest BCUT2D eigenvalue weighted by Gasteiger charge is 2.22. The van der Waals surface area contributed by atoms with Crippen LogP contribution >= 0.6 is 0 Å². The summed E-state index contributed by atoms with van der Waals surface area (Å²) in [5, 5.41) is 3.38. The van der Waals surface area contributed by atoms with Crippen molar-refractivity contribution in [3.05, 3.63) is 24.3 Å². The molecule has 0 unspecified atom stereocenters. The molecule has 1 saturated heterocycles. The second-order valence-corrected chi connectivity index (χ2v) is 5.57. The number of para-hydroxylation sites is 2. The maximum absolute atomic E-state index is 12.2. The summed E-state index contributed by atoms with van der Waals surface area (Å²) in [6.07, 6.45) is 2.13. The lowest BCUT2D eigenvalue weighted by atomic mass is 9.97. The molecule has 2 rings (SSSR count). The van der Waals surface area contributed by atoms with Gasteiger partial charge in [0.25, 0.3) is 5.91 Å². The van der Waals surface area contributed by atoms with Crippen molar-refractivity contribution in [3.63, 3.8) is 0 Å². The number of ether oxygens (including phenoxy) is 2. The van der Waals surface area contributed by atoms with Gasteiger partial charge in [0.05, 0.1) is 7.11 Å². The third kappa shape index (κ3) is 4.63. The van der Waals surface area contributed by atoms with Crippen LogP contribution < -0.4 is 14.8 Å². The molecule has 22 heavy (non-hydrogen) atoms. The molecular weight excluding hydrogens is 280 g/mol. The third-order valence-corrected chi connectivity index (χ3v) is 4.07. The lowest BCUT2D eigenvalue weighted by Crippen LogP contribution is -2.42. The van der Waals surface area contributed by atoms with Crippen LogP contribution in [-0.2, 0) is 4.79 Å². The second-order valence-electron chi connectivity index (χ2n) is 5.57. The van der Waals surface area contributed by atoms with Gasteiger partial charge in [0, 0.05) is 13.1 Å². The molecule has 1 aromatic carbocycles. The minimum atomic E-state index is 0.0489. The molecule has 5 nitrogen and oxygen atoms in total. The molecular formula is C17H26N2O3. The molecule has 1 heterocycles. The fourth-order valence-corrected chi connectivity index (χ4v) is 2.70. The average Bonchev–Trinajstić information content (AvgIpc) is 2.58. The van der Waals surface area contributed by atoms with E-state index in [0.29, 0.717) is 17.4 Å². The Morgan fingerprint density at radius 1 is 1.27 bits per heavy atom. The van der Waals surface area contributed by atoms with Crippen molar-refractivity contribution < 1.29 is 14.3 Å². The summed E-state index contributed by atoms with van der Waals surface area (Å²) in [4.78, 5) is 14.1. The van der Waals surface area contributed by atoms with Gasteiger partial charge in [-0.15, -0.1) is 0 Å². The van der Waals surface area contributed by atoms with Crippen LogP contribution in [0.3, 0.4) is 0 Å². The van der Waals surface area contributed by atoms with Gasteiger partial charge < -0.3 is 19.7 Å². The fourth-order valence-electron chi connectivity index (χ4n) is 2.70. The second kappa shape index (κ2) is 8.63. The number of rotatable bonds is 7. The van der Waals surface area contributed by atoms with E-state index in [1.54, 1.807) is 7.11 Å². The van der Waals surface area contributed by atoms with Crippen molar-refractivity contribution in [2.45, 2.75) is 19.8 Å². The Hall–Kier alpha value is -1.75. The smallest absolute Gasteiger partial charge is 0.260 e. The lowest BCUT2D eigenvalue weighted by molar-refractivity contribution is -0.134. The predicted octanol–water partition coefficient (Wildman–Crippen LogP) is 1.92. The quantitative estimate of drug-likeness (QED) is 0.836. The van der Waals surface area contributed by atoms with Crippen molar-refractivity contribution in [1.82, 2.24) is 10.2 Å². The number of piperidine rings is 1. The molecule has 1 aliphatic heterocycles. The first-order chi connectivity index (χ1) is 10.7. The fraction of sp³-hybridized carbons (Fsp3) is 0.588. The van der Waals surface area contributed by atoms with Gasteiger partial charge in [0.15, 0.2) is 18.1 Å². The largest absolute Gasteiger partial charge is 0.493 e. The van der Waals surface area contributed by atoms with E-state index in [1.807, 2.05) is 29.2 Å². The highest BCUT2D eigenvalue weighted by atomic mass is 16.5. The predicted molar refractivity (Wildman–Crippen MR) is 86.3 cm³/mol. The van der Waals surface area contributed by atoms with Gasteiger partial charge in [0.2, 0.25) is 0 Å². The number of benzene rings is 1. The van der Waals surface area contributed by atoms with E-state index in [-0.39, 0.29) is 12.5 Å². The molecule has 5 heteroatoms. The maximum atomic E-state index is 12.2. The van der Waals surface area contributed by atoms with Crippen molar-refractivity contribution in [1.29, 1.82) is 0 Å². The summed E-state index contributed by atoms with van der Waals surface area (Å²) in [6.45, 7) is 5.89. The molecule has 0 aliphatic carbocycles. The van der Waals surface area contributed by atoms with Crippen LogP contribution in [0.25, 0.3) is 0 Å². The van der Waals surface area contributed by atoms with E-state index < -0.39 is 0 Å². The Morgan fingerprint density at radius 2 is 1.95 bits per heavy atom. The van der Waals surface area contributed by atoms with E-state index in [9.17, 15) is 4.79 Å². The number of nitrogens with one attached hydrogen (secondary N) is 1. The molecule has 122 valence electrons. The van der Waals surface area contributed by atoms with Crippen molar-refractivity contribution >= 4 is 5.91 Å².